The number of halogens is 1. The number of hydrogen-bond donors (Lipinski definition) is 0. The quantitative estimate of drug-likeness (QED) is 0.873. The first-order valence-corrected chi connectivity index (χ1v) is 7.59. The SMILES string of the molecule is Cc1cccc(Cl)c1-c1nccn1CC1CN(C)CCO1. The van der Waals surface area contributed by atoms with Gasteiger partial charge in [0.25, 0.3) is 0 Å². The summed E-state index contributed by atoms with van der Waals surface area (Å²) in [5.41, 5.74) is 2.14. The number of rotatable bonds is 3. The van der Waals surface area contributed by atoms with E-state index < -0.39 is 0 Å². The minimum Gasteiger partial charge on any atom is -0.374 e. The van der Waals surface area contributed by atoms with Crippen molar-refractivity contribution in [2.45, 2.75) is 19.6 Å². The number of benzene rings is 1. The zero-order valence-electron chi connectivity index (χ0n) is 12.4. The second-order valence-corrected chi connectivity index (χ2v) is 6.00. The predicted molar refractivity (Wildman–Crippen MR) is 84.6 cm³/mol. The standard InChI is InChI=1S/C16H20ClN3O/c1-12-4-3-5-14(17)15(12)16-18-6-7-20(16)11-13-10-19(2)8-9-21-13/h3-7,13H,8-11H2,1-2H3. The van der Waals surface area contributed by atoms with Gasteiger partial charge in [0.05, 0.1) is 24.3 Å². The average molecular weight is 306 g/mol. The fraction of sp³-hybridized carbons (Fsp3) is 0.438. The lowest BCUT2D eigenvalue weighted by Crippen LogP contribution is -2.41. The molecule has 2 heterocycles. The molecule has 0 bridgehead atoms. The molecule has 0 N–H and O–H groups in total. The Kier molecular flexibility index (Phi) is 4.29. The van der Waals surface area contributed by atoms with Crippen LogP contribution in [0, 0.1) is 6.92 Å². The highest BCUT2D eigenvalue weighted by atomic mass is 35.5. The maximum atomic E-state index is 6.37. The van der Waals surface area contributed by atoms with E-state index in [9.17, 15) is 0 Å². The summed E-state index contributed by atoms with van der Waals surface area (Å²) in [5, 5.41) is 0.740. The van der Waals surface area contributed by atoms with E-state index in [4.69, 9.17) is 16.3 Å². The summed E-state index contributed by atoms with van der Waals surface area (Å²) < 4.78 is 7.99. The topological polar surface area (TPSA) is 30.3 Å². The number of aryl methyl sites for hydroxylation is 1. The van der Waals surface area contributed by atoms with Crippen molar-refractivity contribution < 1.29 is 4.74 Å². The van der Waals surface area contributed by atoms with Gasteiger partial charge in [-0.2, -0.15) is 0 Å². The van der Waals surface area contributed by atoms with Crippen LogP contribution in [-0.4, -0.2) is 47.3 Å². The van der Waals surface area contributed by atoms with Crippen molar-refractivity contribution in [1.82, 2.24) is 14.5 Å². The molecule has 5 heteroatoms. The molecule has 0 radical (unpaired) electrons. The molecule has 1 aromatic carbocycles. The molecule has 1 aliphatic rings. The van der Waals surface area contributed by atoms with Crippen molar-refractivity contribution >= 4 is 11.6 Å². The molecule has 0 saturated carbocycles. The average Bonchev–Trinajstić information content (AvgIpc) is 2.87. The van der Waals surface area contributed by atoms with Crippen molar-refractivity contribution in [2.24, 2.45) is 0 Å². The second kappa shape index (κ2) is 6.18. The summed E-state index contributed by atoms with van der Waals surface area (Å²) in [4.78, 5) is 6.80. The Hall–Kier alpha value is -1.36. The van der Waals surface area contributed by atoms with Crippen LogP contribution in [-0.2, 0) is 11.3 Å². The lowest BCUT2D eigenvalue weighted by molar-refractivity contribution is -0.0272. The summed E-state index contributed by atoms with van der Waals surface area (Å²) in [6.45, 7) is 5.59. The molecule has 0 aliphatic carbocycles. The Balaban J connectivity index is 1.87. The smallest absolute Gasteiger partial charge is 0.141 e. The monoisotopic (exact) mass is 305 g/mol. The molecule has 1 aromatic heterocycles. The van der Waals surface area contributed by atoms with Gasteiger partial charge in [-0.05, 0) is 25.6 Å². The first kappa shape index (κ1) is 14.6. The van der Waals surface area contributed by atoms with Crippen LogP contribution < -0.4 is 0 Å². The maximum Gasteiger partial charge on any atom is 0.141 e. The van der Waals surface area contributed by atoms with E-state index in [1.54, 1.807) is 0 Å². The fourth-order valence-corrected chi connectivity index (χ4v) is 3.10. The molecule has 2 aromatic rings. The van der Waals surface area contributed by atoms with E-state index in [0.29, 0.717) is 0 Å². The Bertz CT molecular complexity index is 605. The van der Waals surface area contributed by atoms with Crippen LogP contribution >= 0.6 is 11.6 Å². The van der Waals surface area contributed by atoms with Crippen molar-refractivity contribution in [3.05, 3.63) is 41.2 Å². The maximum absolute atomic E-state index is 6.37. The van der Waals surface area contributed by atoms with Gasteiger partial charge in [0, 0.05) is 31.0 Å². The number of aromatic nitrogens is 2. The van der Waals surface area contributed by atoms with Crippen LogP contribution in [0.25, 0.3) is 11.4 Å². The number of nitrogens with zero attached hydrogens (tertiary/aromatic N) is 3. The van der Waals surface area contributed by atoms with Gasteiger partial charge in [0.1, 0.15) is 5.82 Å². The highest BCUT2D eigenvalue weighted by Gasteiger charge is 2.20. The van der Waals surface area contributed by atoms with Crippen LogP contribution in [0.2, 0.25) is 5.02 Å². The van der Waals surface area contributed by atoms with Crippen molar-refractivity contribution in [1.29, 1.82) is 0 Å². The highest BCUT2D eigenvalue weighted by molar-refractivity contribution is 6.33. The normalized spacial score (nSPS) is 19.9. The van der Waals surface area contributed by atoms with Gasteiger partial charge in [-0.25, -0.2) is 4.98 Å². The first-order valence-electron chi connectivity index (χ1n) is 7.22. The van der Waals surface area contributed by atoms with E-state index >= 15 is 0 Å². The van der Waals surface area contributed by atoms with Gasteiger partial charge in [0.15, 0.2) is 0 Å². The molecule has 1 unspecified atom stereocenters. The largest absolute Gasteiger partial charge is 0.374 e. The number of likely N-dealkylation sites (N-methyl/N-ethyl adjacent to an activating group) is 1. The molecule has 4 nitrogen and oxygen atoms in total. The van der Waals surface area contributed by atoms with Gasteiger partial charge in [-0.15, -0.1) is 0 Å². The van der Waals surface area contributed by atoms with E-state index in [0.717, 1.165) is 48.2 Å². The molecule has 1 aliphatic heterocycles. The van der Waals surface area contributed by atoms with Crippen LogP contribution in [0.5, 0.6) is 0 Å². The van der Waals surface area contributed by atoms with E-state index in [-0.39, 0.29) is 6.10 Å². The summed E-state index contributed by atoms with van der Waals surface area (Å²) >= 11 is 6.37. The van der Waals surface area contributed by atoms with Crippen LogP contribution in [0.1, 0.15) is 5.56 Å². The zero-order chi connectivity index (χ0) is 14.8. The number of imidazole rings is 1. The number of hydrogen-bond acceptors (Lipinski definition) is 3. The minimum atomic E-state index is 0.194. The third-order valence-electron chi connectivity index (χ3n) is 3.90. The van der Waals surface area contributed by atoms with Gasteiger partial charge in [-0.3, -0.25) is 0 Å². The third kappa shape index (κ3) is 3.12. The zero-order valence-corrected chi connectivity index (χ0v) is 13.2. The molecular weight excluding hydrogens is 286 g/mol. The Morgan fingerprint density at radius 3 is 3.05 bits per heavy atom. The van der Waals surface area contributed by atoms with E-state index in [1.807, 2.05) is 24.5 Å². The summed E-state index contributed by atoms with van der Waals surface area (Å²) in [5.74, 6) is 0.912. The van der Waals surface area contributed by atoms with Gasteiger partial charge < -0.3 is 14.2 Å². The minimum absolute atomic E-state index is 0.194. The molecule has 21 heavy (non-hydrogen) atoms. The van der Waals surface area contributed by atoms with E-state index in [1.165, 1.54) is 0 Å². The predicted octanol–water partition coefficient (Wildman–Crippen LogP) is 2.84. The highest BCUT2D eigenvalue weighted by Crippen LogP contribution is 2.30. The molecule has 112 valence electrons. The molecule has 0 spiro atoms. The summed E-state index contributed by atoms with van der Waals surface area (Å²) in [7, 11) is 2.13. The van der Waals surface area contributed by atoms with Crippen molar-refractivity contribution in [3.63, 3.8) is 0 Å². The summed E-state index contributed by atoms with van der Waals surface area (Å²) in [6, 6.07) is 5.94. The fourth-order valence-electron chi connectivity index (χ4n) is 2.80. The van der Waals surface area contributed by atoms with E-state index in [2.05, 4.69) is 34.5 Å². The second-order valence-electron chi connectivity index (χ2n) is 5.59. The Morgan fingerprint density at radius 1 is 1.43 bits per heavy atom. The van der Waals surface area contributed by atoms with Crippen LogP contribution in [0.4, 0.5) is 0 Å². The van der Waals surface area contributed by atoms with Crippen LogP contribution in [0.15, 0.2) is 30.6 Å². The van der Waals surface area contributed by atoms with Gasteiger partial charge >= 0.3 is 0 Å². The molecule has 3 rings (SSSR count). The van der Waals surface area contributed by atoms with Gasteiger partial charge in [-0.1, -0.05) is 23.7 Å². The molecule has 1 saturated heterocycles. The molecule has 0 amide bonds. The number of ether oxygens (including phenoxy) is 1. The van der Waals surface area contributed by atoms with Crippen LogP contribution in [0.3, 0.4) is 0 Å². The van der Waals surface area contributed by atoms with Gasteiger partial charge in [0.2, 0.25) is 0 Å². The Morgan fingerprint density at radius 2 is 2.29 bits per heavy atom. The molecular formula is C16H20ClN3O. The van der Waals surface area contributed by atoms with Crippen molar-refractivity contribution in [3.8, 4) is 11.4 Å². The first-order chi connectivity index (χ1) is 10.1. The lowest BCUT2D eigenvalue weighted by Gasteiger charge is -2.30. The molecule has 1 fully saturated rings. The van der Waals surface area contributed by atoms with Crippen molar-refractivity contribution in [2.75, 3.05) is 26.7 Å². The lowest BCUT2D eigenvalue weighted by atomic mass is 10.1. The summed E-state index contributed by atoms with van der Waals surface area (Å²) in [6.07, 6.45) is 4.01. The third-order valence-corrected chi connectivity index (χ3v) is 4.22. The molecule has 1 atom stereocenters. The number of morpholine rings is 1. The Labute approximate surface area is 130 Å².